The molecule has 2 N–H and O–H groups in total. The number of allylic oxidation sites excluding steroid dienone is 1. The van der Waals surface area contributed by atoms with Gasteiger partial charge in [-0.2, -0.15) is 5.26 Å². The molecule has 3 heteroatoms. The van der Waals surface area contributed by atoms with Crippen LogP contribution in [0.3, 0.4) is 0 Å². The van der Waals surface area contributed by atoms with Crippen LogP contribution in [0.5, 0.6) is 0 Å². The Kier molecular flexibility index (Phi) is 2.35. The van der Waals surface area contributed by atoms with E-state index in [9.17, 15) is 4.79 Å². The summed E-state index contributed by atoms with van der Waals surface area (Å²) in [6.07, 6.45) is 1.08. The van der Waals surface area contributed by atoms with Gasteiger partial charge < -0.3 is 5.73 Å². The van der Waals surface area contributed by atoms with Crippen LogP contribution >= 0.6 is 0 Å². The molecule has 0 radical (unpaired) electrons. The van der Waals surface area contributed by atoms with Crippen molar-refractivity contribution in [2.75, 3.05) is 0 Å². The van der Waals surface area contributed by atoms with Crippen molar-refractivity contribution in [1.29, 1.82) is 5.26 Å². The standard InChI is InChI=1S/C5H6N2O/c1-4(3-6)2-5(7)8/h2H,1H3,(H2,7,8)/b4-2+. The third-order valence-electron chi connectivity index (χ3n) is 0.535. The van der Waals surface area contributed by atoms with Gasteiger partial charge in [-0.25, -0.2) is 0 Å². The summed E-state index contributed by atoms with van der Waals surface area (Å²) in [5.41, 5.74) is 5.03. The van der Waals surface area contributed by atoms with Crippen molar-refractivity contribution in [3.8, 4) is 6.07 Å². The van der Waals surface area contributed by atoms with E-state index in [0.717, 1.165) is 6.08 Å². The van der Waals surface area contributed by atoms with E-state index in [4.69, 9.17) is 11.0 Å². The Bertz CT molecular complexity index is 164. The molecule has 0 heterocycles. The first kappa shape index (κ1) is 6.70. The van der Waals surface area contributed by atoms with Gasteiger partial charge in [-0.15, -0.1) is 0 Å². The second-order valence-corrected chi connectivity index (χ2v) is 1.34. The first-order chi connectivity index (χ1) is 3.66. The third-order valence-corrected chi connectivity index (χ3v) is 0.535. The number of hydrogen-bond donors (Lipinski definition) is 1. The lowest BCUT2D eigenvalue weighted by Gasteiger charge is -1.78. The van der Waals surface area contributed by atoms with Gasteiger partial charge >= 0.3 is 0 Å². The zero-order valence-corrected chi connectivity index (χ0v) is 4.51. The fourth-order valence-electron chi connectivity index (χ4n) is 0.246. The summed E-state index contributed by atoms with van der Waals surface area (Å²) in [4.78, 5) is 9.96. The molecular weight excluding hydrogens is 104 g/mol. The molecule has 0 atom stereocenters. The molecule has 0 spiro atoms. The smallest absolute Gasteiger partial charge is 0.242 e. The molecule has 0 saturated carbocycles. The van der Waals surface area contributed by atoms with Crippen molar-refractivity contribution in [2.24, 2.45) is 5.73 Å². The van der Waals surface area contributed by atoms with Crippen LogP contribution in [0.1, 0.15) is 6.92 Å². The number of nitriles is 1. The van der Waals surface area contributed by atoms with Crippen LogP contribution in [-0.2, 0) is 4.79 Å². The highest BCUT2D eigenvalue weighted by Gasteiger charge is 1.86. The number of nitrogens with two attached hydrogens (primary N) is 1. The highest BCUT2D eigenvalue weighted by molar-refractivity contribution is 5.87. The molecule has 0 fully saturated rings. The van der Waals surface area contributed by atoms with Crippen LogP contribution in [0.25, 0.3) is 0 Å². The highest BCUT2D eigenvalue weighted by atomic mass is 16.1. The molecule has 0 bridgehead atoms. The van der Waals surface area contributed by atoms with Crippen molar-refractivity contribution >= 4 is 5.91 Å². The first-order valence-electron chi connectivity index (χ1n) is 2.04. The number of primary amides is 1. The molecule has 42 valence electrons. The maximum absolute atomic E-state index is 9.96. The van der Waals surface area contributed by atoms with Crippen LogP contribution in [0, 0.1) is 11.3 Å². The average Bonchev–Trinajstić information content (AvgIpc) is 1.65. The molecular formula is C5H6N2O. The molecule has 0 aromatic carbocycles. The van der Waals surface area contributed by atoms with Crippen LogP contribution in [0.2, 0.25) is 0 Å². The maximum atomic E-state index is 9.96. The zero-order chi connectivity index (χ0) is 6.57. The molecule has 0 aliphatic carbocycles. The molecule has 0 aromatic rings. The fourth-order valence-corrected chi connectivity index (χ4v) is 0.246. The lowest BCUT2D eigenvalue weighted by molar-refractivity contribution is -0.113. The monoisotopic (exact) mass is 110 g/mol. The quantitative estimate of drug-likeness (QED) is 0.379. The third kappa shape index (κ3) is 2.91. The van der Waals surface area contributed by atoms with Crippen LogP contribution in [-0.4, -0.2) is 5.91 Å². The van der Waals surface area contributed by atoms with Gasteiger partial charge in [-0.1, -0.05) is 0 Å². The summed E-state index contributed by atoms with van der Waals surface area (Å²) in [7, 11) is 0. The van der Waals surface area contributed by atoms with E-state index in [1.807, 2.05) is 0 Å². The number of carbonyl (C=O) groups is 1. The van der Waals surface area contributed by atoms with Gasteiger partial charge in [0, 0.05) is 11.6 Å². The zero-order valence-electron chi connectivity index (χ0n) is 4.51. The number of rotatable bonds is 1. The van der Waals surface area contributed by atoms with Crippen LogP contribution in [0.4, 0.5) is 0 Å². The predicted molar refractivity (Wildman–Crippen MR) is 28.6 cm³/mol. The minimum absolute atomic E-state index is 0.331. The Hall–Kier alpha value is -1.30. The van der Waals surface area contributed by atoms with E-state index >= 15 is 0 Å². The SMILES string of the molecule is C/C(C#N)=C\C(N)=O. The molecule has 0 unspecified atom stereocenters. The van der Waals surface area contributed by atoms with Crippen molar-refractivity contribution in [1.82, 2.24) is 0 Å². The topological polar surface area (TPSA) is 66.9 Å². The Morgan fingerprint density at radius 3 is 2.50 bits per heavy atom. The number of amides is 1. The van der Waals surface area contributed by atoms with Crippen molar-refractivity contribution in [2.45, 2.75) is 6.92 Å². The molecule has 0 saturated heterocycles. The maximum Gasteiger partial charge on any atom is 0.242 e. The predicted octanol–water partition coefficient (Wildman–Crippen LogP) is -0.0584. The van der Waals surface area contributed by atoms with Gasteiger partial charge in [0.05, 0.1) is 6.07 Å². The summed E-state index contributed by atoms with van der Waals surface area (Å²) in [6.45, 7) is 1.52. The molecule has 1 amide bonds. The largest absolute Gasteiger partial charge is 0.366 e. The summed E-state index contributed by atoms with van der Waals surface area (Å²) < 4.78 is 0. The van der Waals surface area contributed by atoms with E-state index in [2.05, 4.69) is 0 Å². The van der Waals surface area contributed by atoms with E-state index in [1.54, 1.807) is 6.07 Å². The Balaban J connectivity index is 4.01. The van der Waals surface area contributed by atoms with E-state index in [-0.39, 0.29) is 0 Å². The van der Waals surface area contributed by atoms with Gasteiger partial charge in [0.25, 0.3) is 0 Å². The minimum atomic E-state index is -0.580. The van der Waals surface area contributed by atoms with Crippen molar-refractivity contribution < 1.29 is 4.79 Å². The summed E-state index contributed by atoms with van der Waals surface area (Å²) >= 11 is 0. The Morgan fingerprint density at radius 1 is 1.88 bits per heavy atom. The number of hydrogen-bond acceptors (Lipinski definition) is 2. The number of nitrogens with zero attached hydrogens (tertiary/aromatic N) is 1. The second kappa shape index (κ2) is 2.80. The Morgan fingerprint density at radius 2 is 2.38 bits per heavy atom. The minimum Gasteiger partial charge on any atom is -0.366 e. The van der Waals surface area contributed by atoms with Crippen LogP contribution in [0.15, 0.2) is 11.6 Å². The van der Waals surface area contributed by atoms with Crippen molar-refractivity contribution in [3.05, 3.63) is 11.6 Å². The van der Waals surface area contributed by atoms with Gasteiger partial charge in [0.15, 0.2) is 0 Å². The molecule has 0 aliphatic heterocycles. The van der Waals surface area contributed by atoms with Gasteiger partial charge in [-0.05, 0) is 6.92 Å². The first-order valence-corrected chi connectivity index (χ1v) is 2.04. The van der Waals surface area contributed by atoms with E-state index in [0.29, 0.717) is 5.57 Å². The summed E-state index contributed by atoms with van der Waals surface area (Å²) in [5.74, 6) is -0.580. The van der Waals surface area contributed by atoms with Crippen LogP contribution < -0.4 is 5.73 Å². The summed E-state index contributed by atoms with van der Waals surface area (Å²) in [5, 5.41) is 8.06. The van der Waals surface area contributed by atoms with Gasteiger partial charge in [-0.3, -0.25) is 4.79 Å². The Labute approximate surface area is 47.4 Å². The van der Waals surface area contributed by atoms with Crippen molar-refractivity contribution in [3.63, 3.8) is 0 Å². The molecule has 3 nitrogen and oxygen atoms in total. The molecule has 0 rings (SSSR count). The van der Waals surface area contributed by atoms with Gasteiger partial charge in [0.1, 0.15) is 0 Å². The molecule has 0 aliphatic rings. The molecule has 8 heavy (non-hydrogen) atoms. The molecule has 0 aromatic heterocycles. The number of carbonyl (C=O) groups excluding carboxylic acids is 1. The summed E-state index contributed by atoms with van der Waals surface area (Å²) in [6, 6.07) is 1.76. The highest BCUT2D eigenvalue weighted by Crippen LogP contribution is 1.84. The normalized spacial score (nSPS) is 10.2. The van der Waals surface area contributed by atoms with Gasteiger partial charge in [0.2, 0.25) is 5.91 Å². The average molecular weight is 110 g/mol. The van der Waals surface area contributed by atoms with E-state index < -0.39 is 5.91 Å². The second-order valence-electron chi connectivity index (χ2n) is 1.34. The lowest BCUT2D eigenvalue weighted by atomic mass is 10.3. The fraction of sp³-hybridized carbons (Fsp3) is 0.200. The lowest BCUT2D eigenvalue weighted by Crippen LogP contribution is -2.06. The van der Waals surface area contributed by atoms with E-state index in [1.165, 1.54) is 6.92 Å².